The molecule has 1 aliphatic rings. The third kappa shape index (κ3) is 7.36. The van der Waals surface area contributed by atoms with E-state index < -0.39 is 22.3 Å². The number of amides is 1. The van der Waals surface area contributed by atoms with Gasteiger partial charge >= 0.3 is 6.09 Å². The van der Waals surface area contributed by atoms with Gasteiger partial charge in [0.25, 0.3) is 0 Å². The van der Waals surface area contributed by atoms with Gasteiger partial charge in [-0.3, -0.25) is 9.74 Å². The van der Waals surface area contributed by atoms with Gasteiger partial charge in [-0.2, -0.15) is 0 Å². The lowest BCUT2D eigenvalue weighted by atomic mass is 9.84. The van der Waals surface area contributed by atoms with Gasteiger partial charge in [0.1, 0.15) is 22.5 Å². The highest BCUT2D eigenvalue weighted by Crippen LogP contribution is 2.44. The number of hydrogen-bond acceptors (Lipinski definition) is 6. The molecule has 0 spiro atoms. The maximum absolute atomic E-state index is 13.1. The first-order chi connectivity index (χ1) is 14.1. The number of unbranched alkanes of at least 4 members (excludes halogenated alkanes) is 1. The van der Waals surface area contributed by atoms with Crippen LogP contribution >= 0.6 is 0 Å². The summed E-state index contributed by atoms with van der Waals surface area (Å²) in [6.07, 6.45) is 4.04. The summed E-state index contributed by atoms with van der Waals surface area (Å²) in [6, 6.07) is 0. The van der Waals surface area contributed by atoms with E-state index in [0.717, 1.165) is 32.1 Å². The molecule has 1 amide bonds. The van der Waals surface area contributed by atoms with Crippen molar-refractivity contribution in [2.75, 3.05) is 20.2 Å². The Morgan fingerprint density at radius 3 is 2.32 bits per heavy atom. The first-order valence-electron chi connectivity index (χ1n) is 11.5. The number of likely N-dealkylation sites (tertiary alicyclic amines) is 1. The van der Waals surface area contributed by atoms with E-state index in [9.17, 15) is 9.90 Å². The van der Waals surface area contributed by atoms with Gasteiger partial charge < -0.3 is 14.6 Å². The molecule has 1 saturated heterocycles. The van der Waals surface area contributed by atoms with Gasteiger partial charge in [0.05, 0.1) is 12.7 Å². The molecule has 0 aromatic carbocycles. The van der Waals surface area contributed by atoms with Gasteiger partial charge in [0, 0.05) is 13.1 Å². The van der Waals surface area contributed by atoms with Gasteiger partial charge in [-0.1, -0.05) is 26.3 Å². The summed E-state index contributed by atoms with van der Waals surface area (Å²) in [5, 5.41) is 10.2. The molecule has 1 fully saturated rings. The third-order valence-corrected chi connectivity index (χ3v) is 6.36. The van der Waals surface area contributed by atoms with E-state index in [2.05, 4.69) is 19.0 Å². The fraction of sp³-hybridized carbons (Fsp3) is 0.875. The van der Waals surface area contributed by atoms with Crippen LogP contribution in [-0.2, 0) is 14.3 Å². The molecule has 0 radical (unpaired) electrons. The average molecular weight is 443 g/mol. The Morgan fingerprint density at radius 1 is 1.23 bits per heavy atom. The molecule has 2 unspecified atom stereocenters. The summed E-state index contributed by atoms with van der Waals surface area (Å²) in [4.78, 5) is 20.7. The third-order valence-electron chi connectivity index (χ3n) is 6.36. The predicted octanol–water partition coefficient (Wildman–Crippen LogP) is 4.79. The topological polar surface area (TPSA) is 80.3 Å². The van der Waals surface area contributed by atoms with E-state index in [0.29, 0.717) is 18.8 Å². The second-order valence-electron chi connectivity index (χ2n) is 10.8. The van der Waals surface area contributed by atoms with E-state index in [1.54, 1.807) is 21.0 Å². The molecule has 7 nitrogen and oxygen atoms in total. The van der Waals surface area contributed by atoms with E-state index >= 15 is 0 Å². The molecular weight excluding hydrogens is 396 g/mol. The number of nitrogens with one attached hydrogen (secondary N) is 1. The van der Waals surface area contributed by atoms with Crippen molar-refractivity contribution in [2.24, 2.45) is 5.92 Å². The first kappa shape index (κ1) is 27.7. The zero-order valence-electron chi connectivity index (χ0n) is 21.3. The summed E-state index contributed by atoms with van der Waals surface area (Å²) in [5.74, 6) is 0.860. The van der Waals surface area contributed by atoms with Crippen molar-refractivity contribution in [1.82, 2.24) is 10.4 Å². The Labute approximate surface area is 189 Å². The van der Waals surface area contributed by atoms with Crippen molar-refractivity contribution >= 4 is 6.09 Å². The number of hydrogen-bond donors (Lipinski definition) is 2. The normalized spacial score (nSPS) is 22.5. The quantitative estimate of drug-likeness (QED) is 0.272. The Morgan fingerprint density at radius 2 is 1.84 bits per heavy atom. The predicted molar refractivity (Wildman–Crippen MR) is 124 cm³/mol. The van der Waals surface area contributed by atoms with Crippen LogP contribution in [0, 0.1) is 5.92 Å². The van der Waals surface area contributed by atoms with Crippen LogP contribution in [0.15, 0.2) is 12.3 Å². The van der Waals surface area contributed by atoms with E-state index in [4.69, 9.17) is 14.3 Å². The summed E-state index contributed by atoms with van der Waals surface area (Å²) in [7, 11) is 1.62. The molecule has 2 N–H and O–H groups in total. The molecule has 2 atom stereocenters. The van der Waals surface area contributed by atoms with Crippen LogP contribution in [-0.4, -0.2) is 58.6 Å². The van der Waals surface area contributed by atoms with Crippen molar-refractivity contribution in [3.05, 3.63) is 12.3 Å². The highest BCUT2D eigenvalue weighted by molar-refractivity contribution is 5.70. The van der Waals surface area contributed by atoms with Gasteiger partial charge in [-0.15, -0.1) is 0 Å². The summed E-state index contributed by atoms with van der Waals surface area (Å²) >= 11 is 0. The average Bonchev–Trinajstić information content (AvgIpc) is 3.00. The van der Waals surface area contributed by atoms with Crippen LogP contribution in [0.1, 0.15) is 87.5 Å². The maximum Gasteiger partial charge on any atom is 0.411 e. The Hall–Kier alpha value is -1.31. The van der Waals surface area contributed by atoms with Crippen LogP contribution in [0.2, 0.25) is 0 Å². The number of methoxy groups -OCH3 is 1. The molecule has 0 aromatic heterocycles. The largest absolute Gasteiger partial charge is 0.499 e. The molecule has 31 heavy (non-hydrogen) atoms. The van der Waals surface area contributed by atoms with Crippen molar-refractivity contribution in [1.29, 1.82) is 0 Å². The highest BCUT2D eigenvalue weighted by Gasteiger charge is 2.51. The van der Waals surface area contributed by atoms with E-state index in [1.807, 2.05) is 39.5 Å². The summed E-state index contributed by atoms with van der Waals surface area (Å²) in [6.45, 7) is 20.3. The number of hydroxylamine groups is 1. The Kier molecular flexibility index (Phi) is 9.42. The fourth-order valence-corrected chi connectivity index (χ4v) is 3.76. The standard InChI is InChI=1S/C24H46N2O5/c1-11-12-14-24(18(2)29-10)16-19(17-26(24)20(27)30-21(3,4)5)13-15-25-31-23(8,9)22(6,7)28/h19,25,28H,2,11-17H2,1,3-10H3. The van der Waals surface area contributed by atoms with Crippen molar-refractivity contribution in [2.45, 2.75) is 110 Å². The maximum atomic E-state index is 13.1. The highest BCUT2D eigenvalue weighted by atomic mass is 16.7. The summed E-state index contributed by atoms with van der Waals surface area (Å²) < 4.78 is 11.3. The molecule has 182 valence electrons. The van der Waals surface area contributed by atoms with Crippen LogP contribution < -0.4 is 5.48 Å². The minimum Gasteiger partial charge on any atom is -0.499 e. The number of nitrogens with zero attached hydrogens (tertiary/aromatic N) is 1. The minimum absolute atomic E-state index is 0.248. The van der Waals surface area contributed by atoms with Crippen molar-refractivity contribution < 1.29 is 24.2 Å². The fourth-order valence-electron chi connectivity index (χ4n) is 3.76. The molecule has 1 heterocycles. The smallest absolute Gasteiger partial charge is 0.411 e. The Bertz CT molecular complexity index is 606. The van der Waals surface area contributed by atoms with Crippen LogP contribution in [0.3, 0.4) is 0 Å². The van der Waals surface area contributed by atoms with Gasteiger partial charge in [0.15, 0.2) is 0 Å². The molecular formula is C24H46N2O5. The van der Waals surface area contributed by atoms with E-state index in [1.165, 1.54) is 0 Å². The lowest BCUT2D eigenvalue weighted by Crippen LogP contribution is -2.50. The SMILES string of the molecule is C=C(OC)C1(CCCC)CC(CCNOC(C)(C)C(C)(C)O)CN1C(=O)OC(C)(C)C. The number of ether oxygens (including phenoxy) is 2. The molecule has 0 aliphatic carbocycles. The molecule has 0 saturated carbocycles. The first-order valence-corrected chi connectivity index (χ1v) is 11.5. The lowest BCUT2D eigenvalue weighted by molar-refractivity contribution is -0.183. The minimum atomic E-state index is -0.980. The van der Waals surface area contributed by atoms with Gasteiger partial charge in [-0.05, 0) is 73.6 Å². The second kappa shape index (κ2) is 10.5. The van der Waals surface area contributed by atoms with Crippen LogP contribution in [0.25, 0.3) is 0 Å². The van der Waals surface area contributed by atoms with E-state index in [-0.39, 0.29) is 12.0 Å². The number of carbonyl (C=O) groups is 1. The Balaban J connectivity index is 2.93. The lowest BCUT2D eigenvalue weighted by Gasteiger charge is -2.39. The zero-order valence-corrected chi connectivity index (χ0v) is 21.3. The summed E-state index contributed by atoms with van der Waals surface area (Å²) in [5.41, 5.74) is 0.156. The van der Waals surface area contributed by atoms with Crippen molar-refractivity contribution in [3.8, 4) is 0 Å². The number of carbonyl (C=O) groups excluding carboxylic acids is 1. The number of aliphatic hydroxyl groups is 1. The van der Waals surface area contributed by atoms with Gasteiger partial charge in [-0.25, -0.2) is 10.3 Å². The molecule has 1 rings (SSSR count). The van der Waals surface area contributed by atoms with Crippen LogP contribution in [0.5, 0.6) is 0 Å². The zero-order chi connectivity index (χ0) is 24.1. The number of rotatable bonds is 11. The van der Waals surface area contributed by atoms with Crippen molar-refractivity contribution in [3.63, 3.8) is 0 Å². The monoisotopic (exact) mass is 442 g/mol. The second-order valence-corrected chi connectivity index (χ2v) is 10.8. The van der Waals surface area contributed by atoms with Gasteiger partial charge in [0.2, 0.25) is 0 Å². The molecule has 0 aromatic rings. The van der Waals surface area contributed by atoms with Crippen LogP contribution in [0.4, 0.5) is 4.79 Å². The molecule has 7 heteroatoms. The molecule has 0 bridgehead atoms. The molecule has 1 aliphatic heterocycles.